The van der Waals surface area contributed by atoms with Crippen molar-refractivity contribution in [2.24, 2.45) is 0 Å². The van der Waals surface area contributed by atoms with Gasteiger partial charge in [0.05, 0.1) is 19.1 Å². The zero-order valence-corrected chi connectivity index (χ0v) is 18.0. The van der Waals surface area contributed by atoms with Gasteiger partial charge in [0.2, 0.25) is 15.9 Å². The van der Waals surface area contributed by atoms with Gasteiger partial charge in [-0.1, -0.05) is 0 Å². The summed E-state index contributed by atoms with van der Waals surface area (Å²) in [5, 5.41) is 2.89. The van der Waals surface area contributed by atoms with E-state index in [0.717, 1.165) is 18.2 Å². The number of anilines is 1. The van der Waals surface area contributed by atoms with Gasteiger partial charge < -0.3 is 19.3 Å². The van der Waals surface area contributed by atoms with Crippen molar-refractivity contribution in [3.8, 4) is 11.5 Å². The Balaban J connectivity index is 1.49. The van der Waals surface area contributed by atoms with Crippen LogP contribution >= 0.6 is 11.3 Å². The Morgan fingerprint density at radius 3 is 2.52 bits per heavy atom. The highest BCUT2D eigenvalue weighted by Gasteiger charge is 2.23. The van der Waals surface area contributed by atoms with Gasteiger partial charge in [-0.3, -0.25) is 4.79 Å². The second-order valence-electron chi connectivity index (χ2n) is 6.35. The second kappa shape index (κ2) is 9.42. The molecule has 11 heteroatoms. The summed E-state index contributed by atoms with van der Waals surface area (Å²) in [4.78, 5) is 20.7. The fourth-order valence-corrected chi connectivity index (χ4v) is 4.78. The van der Waals surface area contributed by atoms with Crippen molar-refractivity contribution in [3.63, 3.8) is 0 Å². The maximum atomic E-state index is 12.5. The van der Waals surface area contributed by atoms with Crippen molar-refractivity contribution in [1.29, 1.82) is 0 Å². The highest BCUT2D eigenvalue weighted by molar-refractivity contribution is 7.89. The van der Waals surface area contributed by atoms with Crippen LogP contribution in [0.2, 0.25) is 0 Å². The van der Waals surface area contributed by atoms with Crippen LogP contribution in [0, 0.1) is 0 Å². The third-order valence-corrected chi connectivity index (χ3v) is 6.91. The molecule has 0 bridgehead atoms. The number of benzene rings is 1. The van der Waals surface area contributed by atoms with Crippen LogP contribution in [0.1, 0.15) is 6.42 Å². The first kappa shape index (κ1) is 21.3. The molecule has 1 saturated heterocycles. The maximum Gasteiger partial charge on any atom is 0.240 e. The van der Waals surface area contributed by atoms with Crippen LogP contribution in [0.3, 0.4) is 0 Å². The Morgan fingerprint density at radius 2 is 1.90 bits per heavy atom. The van der Waals surface area contributed by atoms with E-state index in [1.807, 2.05) is 5.38 Å². The first-order valence-electron chi connectivity index (χ1n) is 9.08. The Hall–Kier alpha value is -2.37. The minimum atomic E-state index is -3.75. The molecule has 29 heavy (non-hydrogen) atoms. The van der Waals surface area contributed by atoms with E-state index in [9.17, 15) is 13.2 Å². The minimum absolute atomic E-state index is 0.0300. The minimum Gasteiger partial charge on any atom is -0.493 e. The average molecular weight is 441 g/mol. The molecule has 158 valence electrons. The Kier molecular flexibility index (Phi) is 6.93. The molecule has 0 unspecified atom stereocenters. The second-order valence-corrected chi connectivity index (χ2v) is 8.99. The highest BCUT2D eigenvalue weighted by Crippen LogP contribution is 2.29. The number of carbonyl (C=O) groups is 1. The highest BCUT2D eigenvalue weighted by atomic mass is 32.2. The average Bonchev–Trinajstić information content (AvgIpc) is 3.28. The summed E-state index contributed by atoms with van der Waals surface area (Å²) in [6.07, 6.45) is 1.87. The summed E-state index contributed by atoms with van der Waals surface area (Å²) in [6.45, 7) is 2.66. The number of hydrogen-bond acceptors (Lipinski definition) is 8. The molecule has 1 N–H and O–H groups in total. The molecule has 9 nitrogen and oxygen atoms in total. The molecule has 0 saturated carbocycles. The van der Waals surface area contributed by atoms with Crippen LogP contribution in [0.5, 0.6) is 11.5 Å². The van der Waals surface area contributed by atoms with Crippen LogP contribution in [0.25, 0.3) is 0 Å². The van der Waals surface area contributed by atoms with E-state index in [1.54, 1.807) is 22.4 Å². The molecule has 0 radical (unpaired) electrons. The molecule has 1 fully saturated rings. The first-order chi connectivity index (χ1) is 13.9. The summed E-state index contributed by atoms with van der Waals surface area (Å²) in [5.41, 5.74) is 0. The third-order valence-electron chi connectivity index (χ3n) is 4.62. The van der Waals surface area contributed by atoms with Crippen LogP contribution < -0.4 is 19.1 Å². The lowest BCUT2D eigenvalue weighted by molar-refractivity contribution is -0.131. The predicted octanol–water partition coefficient (Wildman–Crippen LogP) is 1.18. The van der Waals surface area contributed by atoms with E-state index in [0.29, 0.717) is 24.6 Å². The monoisotopic (exact) mass is 440 g/mol. The van der Waals surface area contributed by atoms with Gasteiger partial charge in [-0.15, -0.1) is 11.3 Å². The summed E-state index contributed by atoms with van der Waals surface area (Å²) in [5.74, 6) is 0.696. The van der Waals surface area contributed by atoms with E-state index < -0.39 is 10.0 Å². The zero-order valence-electron chi connectivity index (χ0n) is 16.3. The molecule has 3 rings (SSSR count). The van der Waals surface area contributed by atoms with Crippen molar-refractivity contribution in [1.82, 2.24) is 14.6 Å². The number of amides is 1. The summed E-state index contributed by atoms with van der Waals surface area (Å²) >= 11 is 1.58. The van der Waals surface area contributed by atoms with Gasteiger partial charge in [0.15, 0.2) is 16.6 Å². The van der Waals surface area contributed by atoms with Crippen LogP contribution in [-0.2, 0) is 14.8 Å². The number of thiazole rings is 1. The number of methoxy groups -OCH3 is 2. The third kappa shape index (κ3) is 5.17. The molecular weight excluding hydrogens is 416 g/mol. The lowest BCUT2D eigenvalue weighted by atomic mass is 10.3. The van der Waals surface area contributed by atoms with Gasteiger partial charge in [-0.2, -0.15) is 0 Å². The van der Waals surface area contributed by atoms with Crippen molar-refractivity contribution in [2.75, 3.05) is 51.8 Å². The maximum absolute atomic E-state index is 12.5. The number of ether oxygens (including phenoxy) is 2. The Labute approximate surface area is 174 Å². The van der Waals surface area contributed by atoms with Crippen LogP contribution in [0.4, 0.5) is 5.13 Å². The molecular formula is C18H24N4O5S2. The van der Waals surface area contributed by atoms with E-state index in [4.69, 9.17) is 9.47 Å². The number of piperazine rings is 1. The SMILES string of the molecule is COc1ccc(S(=O)(=O)NCCC(=O)N2CCN(c3nccs3)CC2)cc1OC. The summed E-state index contributed by atoms with van der Waals surface area (Å²) in [6, 6.07) is 4.35. The fourth-order valence-electron chi connectivity index (χ4n) is 3.04. The largest absolute Gasteiger partial charge is 0.493 e. The van der Waals surface area contributed by atoms with E-state index >= 15 is 0 Å². The zero-order chi connectivity index (χ0) is 20.9. The van der Waals surface area contributed by atoms with Gasteiger partial charge in [-0.25, -0.2) is 18.1 Å². The normalized spacial score (nSPS) is 14.7. The number of rotatable bonds is 8. The van der Waals surface area contributed by atoms with Crippen LogP contribution in [-0.4, -0.2) is 71.2 Å². The summed E-state index contributed by atoms with van der Waals surface area (Å²) in [7, 11) is -0.836. The van der Waals surface area contributed by atoms with E-state index in [-0.39, 0.29) is 23.8 Å². The van der Waals surface area contributed by atoms with E-state index in [1.165, 1.54) is 32.4 Å². The molecule has 1 aromatic heterocycles. The number of sulfonamides is 1. The van der Waals surface area contributed by atoms with Crippen molar-refractivity contribution >= 4 is 32.4 Å². The predicted molar refractivity (Wildman–Crippen MR) is 110 cm³/mol. The number of hydrogen-bond donors (Lipinski definition) is 1. The molecule has 1 aliphatic heterocycles. The molecule has 0 spiro atoms. The number of nitrogens with one attached hydrogen (secondary N) is 1. The molecule has 1 amide bonds. The molecule has 2 heterocycles. The smallest absolute Gasteiger partial charge is 0.240 e. The van der Waals surface area contributed by atoms with Crippen molar-refractivity contribution in [3.05, 3.63) is 29.8 Å². The Morgan fingerprint density at radius 1 is 1.17 bits per heavy atom. The van der Waals surface area contributed by atoms with Gasteiger partial charge in [-0.05, 0) is 12.1 Å². The number of aromatic nitrogens is 1. The Bertz CT molecular complexity index is 926. The molecule has 0 aliphatic carbocycles. The lowest BCUT2D eigenvalue weighted by Crippen LogP contribution is -2.49. The van der Waals surface area contributed by atoms with Crippen LogP contribution in [0.15, 0.2) is 34.7 Å². The van der Waals surface area contributed by atoms with E-state index in [2.05, 4.69) is 14.6 Å². The molecule has 0 atom stereocenters. The molecule has 2 aromatic rings. The van der Waals surface area contributed by atoms with Gasteiger partial charge >= 0.3 is 0 Å². The number of nitrogens with zero attached hydrogens (tertiary/aromatic N) is 3. The fraction of sp³-hybridized carbons (Fsp3) is 0.444. The number of carbonyl (C=O) groups excluding carboxylic acids is 1. The quantitative estimate of drug-likeness (QED) is 0.658. The van der Waals surface area contributed by atoms with Gasteiger partial charge in [0, 0.05) is 56.8 Å². The first-order valence-corrected chi connectivity index (χ1v) is 11.4. The van der Waals surface area contributed by atoms with Gasteiger partial charge in [0.25, 0.3) is 0 Å². The summed E-state index contributed by atoms with van der Waals surface area (Å²) < 4.78 is 37.7. The standard InChI is InChI=1S/C18H24N4O5S2/c1-26-15-4-3-14(13-16(15)27-2)29(24,25)20-6-5-17(23)21-8-10-22(11-9-21)18-19-7-12-28-18/h3-4,7,12-13,20H,5-6,8-11H2,1-2H3. The lowest BCUT2D eigenvalue weighted by Gasteiger charge is -2.34. The molecule has 1 aliphatic rings. The molecule has 1 aromatic carbocycles. The van der Waals surface area contributed by atoms with Crippen molar-refractivity contribution in [2.45, 2.75) is 11.3 Å². The van der Waals surface area contributed by atoms with Crippen molar-refractivity contribution < 1.29 is 22.7 Å². The topological polar surface area (TPSA) is 101 Å². The van der Waals surface area contributed by atoms with Gasteiger partial charge in [0.1, 0.15) is 0 Å².